The summed E-state index contributed by atoms with van der Waals surface area (Å²) in [5.74, 6) is 0.643. The van der Waals surface area contributed by atoms with E-state index in [0.717, 1.165) is 22.6 Å². The standard InChI is InChI=1S/C24H25N7O/c1-15(2)23-28-29-30-31(23)21-12-19(18-7-5-16(3)6-8-18)11-20(13-21)24(32)27-17(4)22-14-25-9-10-26-22/h5-15,17H,1-4H3,(H,27,32). The average molecular weight is 428 g/mol. The number of rotatable bonds is 6. The van der Waals surface area contributed by atoms with E-state index in [4.69, 9.17) is 0 Å². The van der Waals surface area contributed by atoms with Crippen molar-refractivity contribution in [1.29, 1.82) is 0 Å². The summed E-state index contributed by atoms with van der Waals surface area (Å²) in [4.78, 5) is 21.5. The van der Waals surface area contributed by atoms with Crippen LogP contribution in [0, 0.1) is 6.92 Å². The van der Waals surface area contributed by atoms with Gasteiger partial charge in [-0.05, 0) is 53.6 Å². The fourth-order valence-electron chi connectivity index (χ4n) is 3.40. The Morgan fingerprint density at radius 3 is 2.47 bits per heavy atom. The Bertz CT molecular complexity index is 1220. The van der Waals surface area contributed by atoms with E-state index in [9.17, 15) is 4.79 Å². The summed E-state index contributed by atoms with van der Waals surface area (Å²) < 4.78 is 1.69. The molecule has 2 aromatic heterocycles. The minimum absolute atomic E-state index is 0.127. The predicted octanol–water partition coefficient (Wildman–Crippen LogP) is 4.04. The van der Waals surface area contributed by atoms with Gasteiger partial charge in [0.1, 0.15) is 0 Å². The van der Waals surface area contributed by atoms with Crippen molar-refractivity contribution in [1.82, 2.24) is 35.5 Å². The first-order valence-corrected chi connectivity index (χ1v) is 10.5. The molecular formula is C24H25N7O. The quantitative estimate of drug-likeness (QED) is 0.499. The van der Waals surface area contributed by atoms with Gasteiger partial charge < -0.3 is 5.32 Å². The lowest BCUT2D eigenvalue weighted by Crippen LogP contribution is -2.27. The highest BCUT2D eigenvalue weighted by Gasteiger charge is 2.18. The van der Waals surface area contributed by atoms with Crippen molar-refractivity contribution < 1.29 is 4.79 Å². The number of benzene rings is 2. The largest absolute Gasteiger partial charge is 0.344 e. The molecule has 8 heteroatoms. The summed E-state index contributed by atoms with van der Waals surface area (Å²) in [5, 5.41) is 15.2. The van der Waals surface area contributed by atoms with Crippen LogP contribution in [0.15, 0.2) is 61.1 Å². The molecule has 1 unspecified atom stereocenters. The predicted molar refractivity (Wildman–Crippen MR) is 121 cm³/mol. The second kappa shape index (κ2) is 9.05. The van der Waals surface area contributed by atoms with Gasteiger partial charge in [0.15, 0.2) is 5.82 Å². The number of carbonyl (C=O) groups is 1. The van der Waals surface area contributed by atoms with Crippen molar-refractivity contribution >= 4 is 5.91 Å². The van der Waals surface area contributed by atoms with Gasteiger partial charge in [0.05, 0.1) is 23.6 Å². The number of hydrogen-bond donors (Lipinski definition) is 1. The van der Waals surface area contributed by atoms with Crippen molar-refractivity contribution in [2.24, 2.45) is 0 Å². The molecule has 2 aromatic carbocycles. The second-order valence-corrected chi connectivity index (χ2v) is 8.06. The Morgan fingerprint density at radius 2 is 1.78 bits per heavy atom. The van der Waals surface area contributed by atoms with Crippen molar-refractivity contribution in [2.75, 3.05) is 0 Å². The van der Waals surface area contributed by atoms with Crippen LogP contribution in [0.1, 0.15) is 60.2 Å². The van der Waals surface area contributed by atoms with Crippen LogP contribution in [0.25, 0.3) is 16.8 Å². The average Bonchev–Trinajstić information content (AvgIpc) is 3.30. The number of hydrogen-bond acceptors (Lipinski definition) is 6. The van der Waals surface area contributed by atoms with Crippen molar-refractivity contribution in [2.45, 2.75) is 39.7 Å². The topological polar surface area (TPSA) is 98.5 Å². The fraction of sp³-hybridized carbons (Fsp3) is 0.250. The molecular weight excluding hydrogens is 402 g/mol. The summed E-state index contributed by atoms with van der Waals surface area (Å²) >= 11 is 0. The zero-order valence-electron chi connectivity index (χ0n) is 18.5. The van der Waals surface area contributed by atoms with Gasteiger partial charge in [-0.15, -0.1) is 5.10 Å². The highest BCUT2D eigenvalue weighted by atomic mass is 16.1. The number of aromatic nitrogens is 6. The first kappa shape index (κ1) is 21.3. The van der Waals surface area contributed by atoms with Crippen LogP contribution in [0.2, 0.25) is 0 Å². The lowest BCUT2D eigenvalue weighted by Gasteiger charge is -2.15. The van der Waals surface area contributed by atoms with Gasteiger partial charge in [0.25, 0.3) is 5.91 Å². The summed E-state index contributed by atoms with van der Waals surface area (Å²) in [6, 6.07) is 13.6. The van der Waals surface area contributed by atoms with E-state index in [1.807, 2.05) is 52.0 Å². The molecule has 0 radical (unpaired) electrons. The Morgan fingerprint density at radius 1 is 1.00 bits per heavy atom. The van der Waals surface area contributed by atoms with Crippen LogP contribution in [0.4, 0.5) is 0 Å². The molecule has 32 heavy (non-hydrogen) atoms. The maximum atomic E-state index is 13.2. The van der Waals surface area contributed by atoms with E-state index in [1.54, 1.807) is 29.3 Å². The third kappa shape index (κ3) is 4.54. The summed E-state index contributed by atoms with van der Waals surface area (Å²) in [5.41, 5.74) is 5.02. The Hall–Kier alpha value is -3.94. The minimum atomic E-state index is -0.290. The number of aryl methyl sites for hydroxylation is 1. The van der Waals surface area contributed by atoms with Gasteiger partial charge in [-0.25, -0.2) is 0 Å². The molecule has 4 rings (SSSR count). The van der Waals surface area contributed by atoms with E-state index in [-0.39, 0.29) is 17.9 Å². The van der Waals surface area contributed by atoms with Crippen LogP contribution in [-0.2, 0) is 0 Å². The SMILES string of the molecule is Cc1ccc(-c2cc(C(=O)NC(C)c3cnccn3)cc(-n3nnnc3C(C)C)c2)cc1. The molecule has 0 aliphatic carbocycles. The lowest BCUT2D eigenvalue weighted by molar-refractivity contribution is 0.0939. The van der Waals surface area contributed by atoms with Crippen molar-refractivity contribution in [3.05, 3.63) is 83.7 Å². The van der Waals surface area contributed by atoms with Gasteiger partial charge >= 0.3 is 0 Å². The molecule has 0 aliphatic rings. The molecule has 0 fully saturated rings. The van der Waals surface area contributed by atoms with Crippen molar-refractivity contribution in [3.63, 3.8) is 0 Å². The summed E-state index contributed by atoms with van der Waals surface area (Å²) in [7, 11) is 0. The van der Waals surface area contributed by atoms with Gasteiger partial charge in [-0.2, -0.15) is 4.68 Å². The molecule has 2 heterocycles. The van der Waals surface area contributed by atoms with Crippen LogP contribution in [-0.4, -0.2) is 36.1 Å². The maximum absolute atomic E-state index is 13.2. The minimum Gasteiger partial charge on any atom is -0.344 e. The molecule has 1 amide bonds. The van der Waals surface area contributed by atoms with Crippen LogP contribution in [0.5, 0.6) is 0 Å². The number of tetrazole rings is 1. The van der Waals surface area contributed by atoms with Gasteiger partial charge in [-0.3, -0.25) is 14.8 Å². The summed E-state index contributed by atoms with van der Waals surface area (Å²) in [6.07, 6.45) is 4.86. The zero-order chi connectivity index (χ0) is 22.7. The van der Waals surface area contributed by atoms with Crippen LogP contribution >= 0.6 is 0 Å². The monoisotopic (exact) mass is 427 g/mol. The van der Waals surface area contributed by atoms with E-state index in [1.165, 1.54) is 5.56 Å². The first-order chi connectivity index (χ1) is 15.4. The second-order valence-electron chi connectivity index (χ2n) is 8.06. The third-order valence-electron chi connectivity index (χ3n) is 5.19. The van der Waals surface area contributed by atoms with E-state index in [0.29, 0.717) is 11.3 Å². The van der Waals surface area contributed by atoms with Crippen LogP contribution < -0.4 is 5.32 Å². The first-order valence-electron chi connectivity index (χ1n) is 10.5. The number of amides is 1. The summed E-state index contributed by atoms with van der Waals surface area (Å²) in [6.45, 7) is 7.98. The molecule has 0 spiro atoms. The maximum Gasteiger partial charge on any atom is 0.251 e. The molecule has 4 aromatic rings. The lowest BCUT2D eigenvalue weighted by atomic mass is 10.00. The molecule has 0 bridgehead atoms. The highest BCUT2D eigenvalue weighted by Crippen LogP contribution is 2.26. The third-order valence-corrected chi connectivity index (χ3v) is 5.19. The smallest absolute Gasteiger partial charge is 0.251 e. The Kier molecular flexibility index (Phi) is 6.02. The Balaban J connectivity index is 1.75. The van der Waals surface area contributed by atoms with Gasteiger partial charge in [-0.1, -0.05) is 43.7 Å². The van der Waals surface area contributed by atoms with Crippen LogP contribution in [0.3, 0.4) is 0 Å². The molecule has 1 atom stereocenters. The fourth-order valence-corrected chi connectivity index (χ4v) is 3.40. The molecule has 8 nitrogen and oxygen atoms in total. The highest BCUT2D eigenvalue weighted by molar-refractivity contribution is 5.96. The van der Waals surface area contributed by atoms with E-state index < -0.39 is 0 Å². The van der Waals surface area contributed by atoms with E-state index >= 15 is 0 Å². The molecule has 1 N–H and O–H groups in total. The Labute approximate surface area is 186 Å². The molecule has 0 saturated carbocycles. The van der Waals surface area contributed by atoms with Crippen molar-refractivity contribution in [3.8, 4) is 16.8 Å². The molecule has 0 aliphatic heterocycles. The zero-order valence-corrected chi connectivity index (χ0v) is 18.5. The normalized spacial score (nSPS) is 12.0. The number of carbonyl (C=O) groups excluding carboxylic acids is 1. The van der Waals surface area contributed by atoms with Gasteiger partial charge in [0.2, 0.25) is 0 Å². The molecule has 162 valence electrons. The van der Waals surface area contributed by atoms with Gasteiger partial charge in [0, 0.05) is 23.9 Å². The van der Waals surface area contributed by atoms with E-state index in [2.05, 4.69) is 42.9 Å². The number of nitrogens with zero attached hydrogens (tertiary/aromatic N) is 6. The number of nitrogens with one attached hydrogen (secondary N) is 1. The molecule has 0 saturated heterocycles.